The maximum Gasteiger partial charge on any atom is 0.303 e. The number of esters is 4. The van der Waals surface area contributed by atoms with Crippen molar-refractivity contribution in [3.05, 3.63) is 0 Å². The Labute approximate surface area is 137 Å². The number of ether oxygens (including phenoxy) is 4. The molecule has 0 aliphatic heterocycles. The standard InChI is InChI=1S/C14H20O10/c1-5(15)21-11-9(19)10(20)12(22-6(2)16)14(24-8(4)18)13(11)23-7(3)17/h9-14,19-20H,1-4H3/t9-,10-,11-,12+,13-,14+/m1/s1. The number of aliphatic hydroxyl groups is 2. The largest absolute Gasteiger partial charge is 0.456 e. The lowest BCUT2D eigenvalue weighted by Gasteiger charge is -2.44. The molecule has 1 rings (SSSR count). The van der Waals surface area contributed by atoms with E-state index in [0.717, 1.165) is 27.7 Å². The molecule has 0 aromatic rings. The van der Waals surface area contributed by atoms with E-state index in [4.69, 9.17) is 18.9 Å². The number of hydrogen-bond acceptors (Lipinski definition) is 10. The molecule has 0 saturated heterocycles. The first-order valence-electron chi connectivity index (χ1n) is 7.09. The molecule has 24 heavy (non-hydrogen) atoms. The Hall–Kier alpha value is -2.20. The molecule has 0 aromatic heterocycles. The zero-order valence-electron chi connectivity index (χ0n) is 13.6. The van der Waals surface area contributed by atoms with Crippen molar-refractivity contribution in [2.75, 3.05) is 0 Å². The second-order valence-electron chi connectivity index (χ2n) is 5.28. The van der Waals surface area contributed by atoms with Crippen LogP contribution < -0.4 is 0 Å². The highest BCUT2D eigenvalue weighted by Crippen LogP contribution is 2.30. The monoisotopic (exact) mass is 348 g/mol. The van der Waals surface area contributed by atoms with Gasteiger partial charge in [-0.15, -0.1) is 0 Å². The second-order valence-corrected chi connectivity index (χ2v) is 5.28. The van der Waals surface area contributed by atoms with Crippen molar-refractivity contribution >= 4 is 23.9 Å². The lowest BCUT2D eigenvalue weighted by Crippen LogP contribution is -2.67. The molecular weight excluding hydrogens is 328 g/mol. The molecule has 1 saturated carbocycles. The Morgan fingerprint density at radius 2 is 0.750 bits per heavy atom. The normalized spacial score (nSPS) is 32.4. The Kier molecular flexibility index (Phi) is 6.67. The molecule has 1 aliphatic rings. The molecule has 2 N–H and O–H groups in total. The Morgan fingerprint density at radius 3 is 0.958 bits per heavy atom. The van der Waals surface area contributed by atoms with E-state index in [-0.39, 0.29) is 0 Å². The molecule has 0 radical (unpaired) electrons. The van der Waals surface area contributed by atoms with Gasteiger partial charge in [0, 0.05) is 27.7 Å². The van der Waals surface area contributed by atoms with Crippen molar-refractivity contribution in [2.45, 2.75) is 64.3 Å². The highest BCUT2D eigenvalue weighted by Gasteiger charge is 2.56. The first kappa shape index (κ1) is 19.8. The third-order valence-electron chi connectivity index (χ3n) is 3.20. The Bertz CT molecular complexity index is 470. The molecule has 0 bridgehead atoms. The van der Waals surface area contributed by atoms with Gasteiger partial charge in [0.1, 0.15) is 12.2 Å². The second kappa shape index (κ2) is 8.06. The number of hydrogen-bond donors (Lipinski definition) is 2. The molecule has 0 amide bonds. The fourth-order valence-corrected chi connectivity index (χ4v) is 2.46. The quantitative estimate of drug-likeness (QED) is 0.452. The van der Waals surface area contributed by atoms with Crippen LogP contribution in [0.15, 0.2) is 0 Å². The fraction of sp³-hybridized carbons (Fsp3) is 0.714. The van der Waals surface area contributed by atoms with E-state index in [1.54, 1.807) is 0 Å². The van der Waals surface area contributed by atoms with Gasteiger partial charge >= 0.3 is 23.9 Å². The average molecular weight is 348 g/mol. The van der Waals surface area contributed by atoms with Crippen LogP contribution in [-0.2, 0) is 38.1 Å². The highest BCUT2D eigenvalue weighted by atomic mass is 16.6. The van der Waals surface area contributed by atoms with E-state index in [1.165, 1.54) is 0 Å². The molecule has 1 aliphatic carbocycles. The third kappa shape index (κ3) is 4.90. The Balaban J connectivity index is 3.28. The predicted molar refractivity (Wildman–Crippen MR) is 74.2 cm³/mol. The molecule has 10 heteroatoms. The van der Waals surface area contributed by atoms with Crippen LogP contribution in [0.2, 0.25) is 0 Å². The van der Waals surface area contributed by atoms with Crippen molar-refractivity contribution < 1.29 is 48.3 Å². The van der Waals surface area contributed by atoms with Gasteiger partial charge < -0.3 is 29.2 Å². The van der Waals surface area contributed by atoms with Crippen molar-refractivity contribution in [2.24, 2.45) is 0 Å². The molecule has 136 valence electrons. The summed E-state index contributed by atoms with van der Waals surface area (Å²) in [5, 5.41) is 20.3. The minimum Gasteiger partial charge on any atom is -0.456 e. The molecule has 0 unspecified atom stereocenters. The highest BCUT2D eigenvalue weighted by molar-refractivity contribution is 5.69. The van der Waals surface area contributed by atoms with E-state index in [1.807, 2.05) is 0 Å². The van der Waals surface area contributed by atoms with Crippen LogP contribution in [-0.4, -0.2) is 70.7 Å². The SMILES string of the molecule is CC(=O)O[C@@H]1[C@H](OC(C)=O)[C@H](OC(C)=O)[C@H](O)[C@@H](O)[C@@H]1OC(C)=O. The van der Waals surface area contributed by atoms with Crippen LogP contribution in [0.1, 0.15) is 27.7 Å². The zero-order valence-corrected chi connectivity index (χ0v) is 13.6. The Morgan fingerprint density at radius 1 is 0.542 bits per heavy atom. The zero-order chi connectivity index (χ0) is 18.6. The first-order chi connectivity index (χ1) is 11.0. The number of carbonyl (C=O) groups is 4. The molecule has 6 atom stereocenters. The van der Waals surface area contributed by atoms with E-state index < -0.39 is 60.5 Å². The smallest absolute Gasteiger partial charge is 0.303 e. The van der Waals surface area contributed by atoms with Crippen LogP contribution >= 0.6 is 0 Å². The van der Waals surface area contributed by atoms with Crippen molar-refractivity contribution in [3.63, 3.8) is 0 Å². The van der Waals surface area contributed by atoms with Gasteiger partial charge in [-0.05, 0) is 0 Å². The average Bonchev–Trinajstić information content (AvgIpc) is 2.42. The maximum absolute atomic E-state index is 11.3. The summed E-state index contributed by atoms with van der Waals surface area (Å²) in [6, 6.07) is 0. The molecule has 0 heterocycles. The van der Waals surface area contributed by atoms with Crippen molar-refractivity contribution in [1.82, 2.24) is 0 Å². The van der Waals surface area contributed by atoms with Crippen LogP contribution in [0.4, 0.5) is 0 Å². The van der Waals surface area contributed by atoms with Crippen LogP contribution in [0.25, 0.3) is 0 Å². The van der Waals surface area contributed by atoms with Gasteiger partial charge in [0.15, 0.2) is 24.4 Å². The summed E-state index contributed by atoms with van der Waals surface area (Å²) >= 11 is 0. The van der Waals surface area contributed by atoms with Gasteiger partial charge in [-0.2, -0.15) is 0 Å². The fourth-order valence-electron chi connectivity index (χ4n) is 2.46. The minimum atomic E-state index is -1.74. The van der Waals surface area contributed by atoms with Gasteiger partial charge in [0.05, 0.1) is 0 Å². The van der Waals surface area contributed by atoms with Crippen molar-refractivity contribution in [1.29, 1.82) is 0 Å². The molecular formula is C14H20O10. The third-order valence-corrected chi connectivity index (χ3v) is 3.20. The lowest BCUT2D eigenvalue weighted by atomic mass is 9.84. The van der Waals surface area contributed by atoms with Crippen LogP contribution in [0.5, 0.6) is 0 Å². The molecule has 0 spiro atoms. The summed E-state index contributed by atoms with van der Waals surface area (Å²) in [5.74, 6) is -3.29. The van der Waals surface area contributed by atoms with Gasteiger partial charge in [0.2, 0.25) is 0 Å². The van der Waals surface area contributed by atoms with Crippen LogP contribution in [0, 0.1) is 0 Å². The number of aliphatic hydroxyl groups excluding tert-OH is 2. The molecule has 0 aromatic carbocycles. The maximum atomic E-state index is 11.3. The number of rotatable bonds is 4. The van der Waals surface area contributed by atoms with E-state index in [0.29, 0.717) is 0 Å². The summed E-state index contributed by atoms with van der Waals surface area (Å²) in [7, 11) is 0. The van der Waals surface area contributed by atoms with Gasteiger partial charge in [-0.25, -0.2) is 0 Å². The number of carbonyl (C=O) groups excluding carboxylic acids is 4. The summed E-state index contributed by atoms with van der Waals surface area (Å²) in [4.78, 5) is 45.1. The van der Waals surface area contributed by atoms with Gasteiger partial charge in [-0.3, -0.25) is 19.2 Å². The summed E-state index contributed by atoms with van der Waals surface area (Å²) < 4.78 is 19.8. The summed E-state index contributed by atoms with van der Waals surface area (Å²) in [5.41, 5.74) is 0. The predicted octanol–water partition coefficient (Wildman–Crippen LogP) is -1.55. The molecule has 10 nitrogen and oxygen atoms in total. The van der Waals surface area contributed by atoms with E-state index >= 15 is 0 Å². The van der Waals surface area contributed by atoms with Gasteiger partial charge in [0.25, 0.3) is 0 Å². The topological polar surface area (TPSA) is 146 Å². The van der Waals surface area contributed by atoms with E-state index in [9.17, 15) is 29.4 Å². The minimum absolute atomic E-state index is 0.820. The lowest BCUT2D eigenvalue weighted by molar-refractivity contribution is -0.251. The van der Waals surface area contributed by atoms with Crippen molar-refractivity contribution in [3.8, 4) is 0 Å². The van der Waals surface area contributed by atoms with E-state index in [2.05, 4.69) is 0 Å². The molecule has 1 fully saturated rings. The summed E-state index contributed by atoms with van der Waals surface area (Å²) in [6.45, 7) is 4.19. The van der Waals surface area contributed by atoms with Crippen LogP contribution in [0.3, 0.4) is 0 Å². The van der Waals surface area contributed by atoms with Gasteiger partial charge in [-0.1, -0.05) is 0 Å². The summed E-state index contributed by atoms with van der Waals surface area (Å²) in [6.07, 6.45) is -9.46. The first-order valence-corrected chi connectivity index (χ1v) is 7.09.